The van der Waals surface area contributed by atoms with Crippen LogP contribution in [0.15, 0.2) is 65.4 Å². The number of piperidine rings is 1. The van der Waals surface area contributed by atoms with Crippen molar-refractivity contribution < 1.29 is 13.7 Å². The van der Waals surface area contributed by atoms with Gasteiger partial charge in [0.25, 0.3) is 0 Å². The zero-order chi connectivity index (χ0) is 24.2. The molecule has 0 radical (unpaired) electrons. The van der Waals surface area contributed by atoms with Crippen molar-refractivity contribution in [3.8, 4) is 17.1 Å². The van der Waals surface area contributed by atoms with E-state index in [1.165, 1.54) is 12.1 Å². The Morgan fingerprint density at radius 1 is 1.17 bits per heavy atom. The number of hydrogen-bond acceptors (Lipinski definition) is 6. The van der Waals surface area contributed by atoms with Crippen molar-refractivity contribution in [1.29, 1.82) is 0 Å². The third-order valence-corrected chi connectivity index (χ3v) is 6.31. The van der Waals surface area contributed by atoms with E-state index in [0.717, 1.165) is 36.5 Å². The molecule has 9 heteroatoms. The minimum absolute atomic E-state index is 0.0572. The first kappa shape index (κ1) is 22.9. The number of nitrogens with one attached hydrogen (secondary N) is 1. The maximum absolute atomic E-state index is 13.1. The van der Waals surface area contributed by atoms with Gasteiger partial charge in [-0.3, -0.25) is 9.69 Å². The van der Waals surface area contributed by atoms with Crippen LogP contribution in [0, 0.1) is 18.7 Å². The second-order valence-corrected chi connectivity index (χ2v) is 8.82. The summed E-state index contributed by atoms with van der Waals surface area (Å²) in [5.41, 5.74) is 2.79. The van der Waals surface area contributed by atoms with Gasteiger partial charge in [-0.15, -0.1) is 0 Å². The van der Waals surface area contributed by atoms with Crippen LogP contribution in [0.2, 0.25) is 0 Å². The highest BCUT2D eigenvalue weighted by molar-refractivity contribution is 5.79. The zero-order valence-electron chi connectivity index (χ0n) is 19.5. The van der Waals surface area contributed by atoms with E-state index in [-0.39, 0.29) is 17.6 Å². The summed E-state index contributed by atoms with van der Waals surface area (Å²) >= 11 is 0. The summed E-state index contributed by atoms with van der Waals surface area (Å²) in [6, 6.07) is 14.1. The van der Waals surface area contributed by atoms with Gasteiger partial charge in [0.15, 0.2) is 0 Å². The fourth-order valence-corrected chi connectivity index (χ4v) is 4.40. The number of hydrogen-bond donors (Lipinski definition) is 1. The second-order valence-electron chi connectivity index (χ2n) is 8.82. The van der Waals surface area contributed by atoms with Crippen LogP contribution in [0.5, 0.6) is 0 Å². The van der Waals surface area contributed by atoms with Crippen molar-refractivity contribution in [2.24, 2.45) is 5.92 Å². The summed E-state index contributed by atoms with van der Waals surface area (Å²) in [6.07, 6.45) is 5.49. The number of aromatic nitrogens is 4. The van der Waals surface area contributed by atoms with Gasteiger partial charge in [-0.25, -0.2) is 9.37 Å². The molecule has 2 aromatic heterocycles. The fraction of sp³-hybridized carbons (Fsp3) is 0.308. The molecule has 0 bridgehead atoms. The predicted molar refractivity (Wildman–Crippen MR) is 128 cm³/mol. The number of halogens is 1. The largest absolute Gasteiger partial charge is 0.352 e. The Labute approximate surface area is 202 Å². The third kappa shape index (κ3) is 5.46. The van der Waals surface area contributed by atoms with E-state index >= 15 is 0 Å². The van der Waals surface area contributed by atoms with Gasteiger partial charge in [-0.05, 0) is 68.3 Å². The number of imidazole rings is 1. The summed E-state index contributed by atoms with van der Waals surface area (Å²) < 4.78 is 20.6. The van der Waals surface area contributed by atoms with Crippen LogP contribution in [-0.2, 0) is 17.9 Å². The van der Waals surface area contributed by atoms with Crippen LogP contribution in [-0.4, -0.2) is 43.6 Å². The molecule has 1 N–H and O–H groups in total. The molecule has 0 spiro atoms. The lowest BCUT2D eigenvalue weighted by atomic mass is 9.97. The highest BCUT2D eigenvalue weighted by atomic mass is 19.1. The number of carbonyl (C=O) groups is 1. The molecule has 5 rings (SSSR count). The maximum Gasteiger partial charge on any atom is 0.241 e. The van der Waals surface area contributed by atoms with Gasteiger partial charge in [0, 0.05) is 36.7 Å². The van der Waals surface area contributed by atoms with Crippen LogP contribution in [0.1, 0.15) is 30.1 Å². The first-order valence-corrected chi connectivity index (χ1v) is 11.7. The SMILES string of the molecule is Cc1nccn1-c1ccc(CNC(=O)C2CCCN(Cc3nc(-c4ccc(F)cc4)no3)C2)cc1. The van der Waals surface area contributed by atoms with Crippen LogP contribution in [0.4, 0.5) is 4.39 Å². The second kappa shape index (κ2) is 10.2. The van der Waals surface area contributed by atoms with Crippen LogP contribution in [0.3, 0.4) is 0 Å². The molecule has 3 heterocycles. The monoisotopic (exact) mass is 474 g/mol. The molecule has 8 nitrogen and oxygen atoms in total. The zero-order valence-corrected chi connectivity index (χ0v) is 19.5. The number of amides is 1. The summed E-state index contributed by atoms with van der Waals surface area (Å²) in [6.45, 7) is 4.44. The standard InChI is InChI=1S/C26H27FN6O2/c1-18-28-12-14-33(18)23-10-4-19(5-11-23)15-29-26(34)21-3-2-13-32(16-21)17-24-30-25(31-35-24)20-6-8-22(27)9-7-20/h4-12,14,21H,2-3,13,15-17H2,1H3,(H,29,34). The number of rotatable bonds is 7. The molecule has 1 amide bonds. The molecule has 2 aromatic carbocycles. The molecular weight excluding hydrogens is 447 g/mol. The normalized spacial score (nSPS) is 16.3. The maximum atomic E-state index is 13.1. The summed E-state index contributed by atoms with van der Waals surface area (Å²) in [4.78, 5) is 23.7. The minimum atomic E-state index is -0.309. The van der Waals surface area contributed by atoms with Crippen LogP contribution in [0.25, 0.3) is 17.1 Å². The minimum Gasteiger partial charge on any atom is -0.352 e. The summed E-state index contributed by atoms with van der Waals surface area (Å²) in [7, 11) is 0. The molecule has 1 unspecified atom stereocenters. The van der Waals surface area contributed by atoms with Crippen LogP contribution < -0.4 is 5.32 Å². The molecule has 0 saturated carbocycles. The smallest absolute Gasteiger partial charge is 0.241 e. The van der Waals surface area contributed by atoms with Crippen molar-refractivity contribution in [3.05, 3.63) is 84.0 Å². The van der Waals surface area contributed by atoms with Gasteiger partial charge in [-0.1, -0.05) is 17.3 Å². The fourth-order valence-electron chi connectivity index (χ4n) is 4.40. The number of nitrogens with zero attached hydrogens (tertiary/aromatic N) is 5. The molecule has 1 saturated heterocycles. The lowest BCUT2D eigenvalue weighted by molar-refractivity contribution is -0.127. The van der Waals surface area contributed by atoms with Gasteiger partial charge in [0.2, 0.25) is 17.6 Å². The summed E-state index contributed by atoms with van der Waals surface area (Å²) in [5, 5.41) is 7.09. The number of aryl methyl sites for hydroxylation is 1. The van der Waals surface area contributed by atoms with Crippen molar-refractivity contribution in [2.45, 2.75) is 32.9 Å². The van der Waals surface area contributed by atoms with E-state index in [4.69, 9.17) is 4.52 Å². The van der Waals surface area contributed by atoms with E-state index in [1.807, 2.05) is 42.0 Å². The Hall–Kier alpha value is -3.85. The van der Waals surface area contributed by atoms with Crippen LogP contribution >= 0.6 is 0 Å². The van der Waals surface area contributed by atoms with E-state index in [0.29, 0.717) is 36.9 Å². The Kier molecular flexibility index (Phi) is 6.67. The Bertz CT molecular complexity index is 1280. The lowest BCUT2D eigenvalue weighted by Gasteiger charge is -2.30. The topological polar surface area (TPSA) is 89.1 Å². The van der Waals surface area contributed by atoms with E-state index in [2.05, 4.69) is 25.3 Å². The summed E-state index contributed by atoms with van der Waals surface area (Å²) in [5.74, 6) is 1.51. The number of likely N-dealkylation sites (tertiary alicyclic amines) is 1. The van der Waals surface area contributed by atoms with Gasteiger partial charge in [-0.2, -0.15) is 4.98 Å². The Balaban J connectivity index is 1.13. The van der Waals surface area contributed by atoms with E-state index < -0.39 is 0 Å². The highest BCUT2D eigenvalue weighted by Gasteiger charge is 2.26. The molecule has 180 valence electrons. The van der Waals surface area contributed by atoms with Gasteiger partial charge < -0.3 is 14.4 Å². The van der Waals surface area contributed by atoms with E-state index in [1.54, 1.807) is 18.3 Å². The van der Waals surface area contributed by atoms with Crippen molar-refractivity contribution >= 4 is 5.91 Å². The Morgan fingerprint density at radius 3 is 2.71 bits per heavy atom. The lowest BCUT2D eigenvalue weighted by Crippen LogP contribution is -2.42. The third-order valence-electron chi connectivity index (χ3n) is 6.31. The van der Waals surface area contributed by atoms with E-state index in [9.17, 15) is 9.18 Å². The molecule has 1 aliphatic heterocycles. The molecule has 1 aliphatic rings. The number of benzene rings is 2. The number of carbonyl (C=O) groups excluding carboxylic acids is 1. The van der Waals surface area contributed by atoms with Gasteiger partial charge >= 0.3 is 0 Å². The van der Waals surface area contributed by atoms with Gasteiger partial charge in [0.1, 0.15) is 11.6 Å². The molecule has 4 aromatic rings. The molecule has 1 fully saturated rings. The predicted octanol–water partition coefficient (Wildman–Crippen LogP) is 3.90. The first-order chi connectivity index (χ1) is 17.0. The van der Waals surface area contributed by atoms with Crippen molar-refractivity contribution in [2.75, 3.05) is 13.1 Å². The molecular formula is C26H27FN6O2. The molecule has 1 atom stereocenters. The van der Waals surface area contributed by atoms with Gasteiger partial charge in [0.05, 0.1) is 12.5 Å². The first-order valence-electron chi connectivity index (χ1n) is 11.7. The molecule has 0 aliphatic carbocycles. The highest BCUT2D eigenvalue weighted by Crippen LogP contribution is 2.21. The van der Waals surface area contributed by atoms with Crippen molar-refractivity contribution in [3.63, 3.8) is 0 Å². The quantitative estimate of drug-likeness (QED) is 0.437. The average molecular weight is 475 g/mol. The molecule has 35 heavy (non-hydrogen) atoms. The van der Waals surface area contributed by atoms with Crippen molar-refractivity contribution in [1.82, 2.24) is 29.9 Å². The Morgan fingerprint density at radius 2 is 1.97 bits per heavy atom. The average Bonchev–Trinajstić information content (AvgIpc) is 3.52.